The molecule has 0 saturated carbocycles. The van der Waals surface area contributed by atoms with Gasteiger partial charge in [-0.2, -0.15) is 5.10 Å². The Bertz CT molecular complexity index is 1000. The van der Waals surface area contributed by atoms with Crippen LogP contribution in [0.15, 0.2) is 47.8 Å². The molecule has 1 aromatic heterocycles. The molecule has 0 fully saturated rings. The van der Waals surface area contributed by atoms with Gasteiger partial charge in [-0.15, -0.1) is 0 Å². The summed E-state index contributed by atoms with van der Waals surface area (Å²) in [7, 11) is 3.15. The topological polar surface area (TPSA) is 64.2 Å². The minimum absolute atomic E-state index is 0.00491. The van der Waals surface area contributed by atoms with Gasteiger partial charge in [0, 0.05) is 30.2 Å². The number of methoxy groups -OCH3 is 2. The SMILES string of the molecule is COc1ccc2c(c1)C/C(=C\c1cc(C3=CCC(OC)C=C3F)n[nH]1)C2=O. The minimum Gasteiger partial charge on any atom is -0.497 e. The van der Waals surface area contributed by atoms with Crippen LogP contribution in [0, 0.1) is 0 Å². The number of nitrogens with one attached hydrogen (secondary N) is 1. The van der Waals surface area contributed by atoms with E-state index in [0.29, 0.717) is 40.9 Å². The monoisotopic (exact) mass is 366 g/mol. The Kier molecular flexibility index (Phi) is 4.49. The molecule has 2 aromatic rings. The summed E-state index contributed by atoms with van der Waals surface area (Å²) in [6.45, 7) is 0. The van der Waals surface area contributed by atoms with Gasteiger partial charge in [-0.25, -0.2) is 4.39 Å². The highest BCUT2D eigenvalue weighted by Crippen LogP contribution is 2.32. The largest absolute Gasteiger partial charge is 0.497 e. The van der Waals surface area contributed by atoms with E-state index >= 15 is 0 Å². The van der Waals surface area contributed by atoms with Gasteiger partial charge in [0.2, 0.25) is 0 Å². The summed E-state index contributed by atoms with van der Waals surface area (Å²) in [4.78, 5) is 12.6. The van der Waals surface area contributed by atoms with Crippen LogP contribution in [0.3, 0.4) is 0 Å². The van der Waals surface area contributed by atoms with E-state index < -0.39 is 0 Å². The summed E-state index contributed by atoms with van der Waals surface area (Å²) in [6.07, 6.45) is 5.88. The first-order chi connectivity index (χ1) is 13.1. The molecule has 1 atom stereocenters. The van der Waals surface area contributed by atoms with Crippen LogP contribution in [0.4, 0.5) is 4.39 Å². The second-order valence-corrected chi connectivity index (χ2v) is 6.55. The molecule has 2 aliphatic rings. The third-order valence-corrected chi connectivity index (χ3v) is 4.88. The van der Waals surface area contributed by atoms with E-state index in [2.05, 4.69) is 10.2 Å². The quantitative estimate of drug-likeness (QED) is 0.834. The predicted molar refractivity (Wildman–Crippen MR) is 100 cm³/mol. The van der Waals surface area contributed by atoms with Crippen LogP contribution in [-0.2, 0) is 11.2 Å². The van der Waals surface area contributed by atoms with Crippen molar-refractivity contribution in [2.75, 3.05) is 14.2 Å². The summed E-state index contributed by atoms with van der Waals surface area (Å²) >= 11 is 0. The molecule has 138 valence electrons. The molecule has 27 heavy (non-hydrogen) atoms. The number of ether oxygens (including phenoxy) is 2. The average molecular weight is 366 g/mol. The van der Waals surface area contributed by atoms with Crippen LogP contribution in [0.1, 0.15) is 33.7 Å². The number of H-pyrrole nitrogens is 1. The molecular weight excluding hydrogens is 347 g/mol. The average Bonchev–Trinajstić information content (AvgIpc) is 3.26. The van der Waals surface area contributed by atoms with Crippen molar-refractivity contribution in [3.63, 3.8) is 0 Å². The molecular formula is C21H19FN2O3. The molecule has 1 N–H and O–H groups in total. The number of allylic oxidation sites excluding steroid dienone is 3. The minimum atomic E-state index is -0.352. The van der Waals surface area contributed by atoms with Gasteiger partial charge in [0.05, 0.1) is 24.6 Å². The van der Waals surface area contributed by atoms with Gasteiger partial charge in [0.1, 0.15) is 11.6 Å². The number of carbonyl (C=O) groups is 1. The fourth-order valence-electron chi connectivity index (χ4n) is 3.42. The Morgan fingerprint density at radius 1 is 1.30 bits per heavy atom. The zero-order chi connectivity index (χ0) is 19.0. The molecule has 0 amide bonds. The van der Waals surface area contributed by atoms with E-state index in [0.717, 1.165) is 11.3 Å². The number of aromatic nitrogens is 2. The second kappa shape index (κ2) is 6.96. The first-order valence-corrected chi connectivity index (χ1v) is 8.67. The van der Waals surface area contributed by atoms with Crippen molar-refractivity contribution in [1.29, 1.82) is 0 Å². The molecule has 2 aliphatic carbocycles. The molecule has 1 heterocycles. The van der Waals surface area contributed by atoms with Gasteiger partial charge in [0.25, 0.3) is 0 Å². The summed E-state index contributed by atoms with van der Waals surface area (Å²) in [5.41, 5.74) is 3.92. The Morgan fingerprint density at radius 2 is 2.15 bits per heavy atom. The van der Waals surface area contributed by atoms with E-state index in [4.69, 9.17) is 9.47 Å². The summed E-state index contributed by atoms with van der Waals surface area (Å²) in [5, 5.41) is 7.07. The molecule has 0 spiro atoms. The van der Waals surface area contributed by atoms with E-state index in [-0.39, 0.29) is 17.7 Å². The molecule has 0 radical (unpaired) electrons. The maximum Gasteiger partial charge on any atom is 0.189 e. The second-order valence-electron chi connectivity index (χ2n) is 6.55. The van der Waals surface area contributed by atoms with Crippen molar-refractivity contribution in [1.82, 2.24) is 10.2 Å². The van der Waals surface area contributed by atoms with E-state index in [1.54, 1.807) is 44.6 Å². The van der Waals surface area contributed by atoms with Crippen LogP contribution in [-0.4, -0.2) is 36.3 Å². The van der Waals surface area contributed by atoms with Crippen molar-refractivity contribution in [3.05, 3.63) is 70.3 Å². The lowest BCUT2D eigenvalue weighted by Gasteiger charge is -2.15. The zero-order valence-corrected chi connectivity index (χ0v) is 15.1. The number of rotatable bonds is 4. The van der Waals surface area contributed by atoms with E-state index in [9.17, 15) is 9.18 Å². The Morgan fingerprint density at radius 3 is 2.89 bits per heavy atom. The first kappa shape index (κ1) is 17.4. The number of nitrogens with zero attached hydrogens (tertiary/aromatic N) is 1. The lowest BCUT2D eigenvalue weighted by atomic mass is 10.0. The number of aromatic amines is 1. The number of hydrogen-bond donors (Lipinski definition) is 1. The highest BCUT2D eigenvalue weighted by Gasteiger charge is 2.25. The molecule has 1 aromatic carbocycles. The molecule has 6 heteroatoms. The number of halogens is 1. The Labute approximate surface area is 156 Å². The smallest absolute Gasteiger partial charge is 0.189 e. The molecule has 0 saturated heterocycles. The third kappa shape index (κ3) is 3.24. The van der Waals surface area contributed by atoms with Crippen molar-refractivity contribution in [2.45, 2.75) is 18.9 Å². The molecule has 0 bridgehead atoms. The fraction of sp³-hybridized carbons (Fsp3) is 0.238. The highest BCUT2D eigenvalue weighted by molar-refractivity contribution is 6.15. The number of benzene rings is 1. The van der Waals surface area contributed by atoms with Gasteiger partial charge in [0.15, 0.2) is 5.78 Å². The highest BCUT2D eigenvalue weighted by atomic mass is 19.1. The maximum atomic E-state index is 14.3. The lowest BCUT2D eigenvalue weighted by molar-refractivity contribution is 0.104. The molecule has 0 aliphatic heterocycles. The van der Waals surface area contributed by atoms with Crippen LogP contribution < -0.4 is 4.74 Å². The number of ketones is 1. The van der Waals surface area contributed by atoms with Crippen LogP contribution >= 0.6 is 0 Å². The van der Waals surface area contributed by atoms with Gasteiger partial charge in [-0.1, -0.05) is 6.08 Å². The Hall–Kier alpha value is -2.99. The normalized spacial score (nSPS) is 20.5. The van der Waals surface area contributed by atoms with Gasteiger partial charge in [-0.3, -0.25) is 9.89 Å². The first-order valence-electron chi connectivity index (χ1n) is 8.67. The number of Topliss-reactive ketones (excluding diaryl/α,β-unsaturated/α-hetero) is 1. The molecule has 4 rings (SSSR count). The number of carbonyl (C=O) groups excluding carboxylic acids is 1. The molecule has 5 nitrogen and oxygen atoms in total. The van der Waals surface area contributed by atoms with Crippen molar-refractivity contribution < 1.29 is 18.7 Å². The standard InChI is InChI=1S/C21H19FN2O3/c1-26-15-3-5-17-12(9-15)7-13(21(17)25)8-14-10-20(24-23-14)18-6-4-16(27-2)11-19(18)22/h3,5-6,8-11,16H,4,7H2,1-2H3,(H,23,24)/b13-8+. The zero-order valence-electron chi connectivity index (χ0n) is 15.1. The summed E-state index contributed by atoms with van der Waals surface area (Å²) in [6, 6.07) is 7.20. The van der Waals surface area contributed by atoms with Gasteiger partial charge >= 0.3 is 0 Å². The summed E-state index contributed by atoms with van der Waals surface area (Å²) < 4.78 is 24.7. The van der Waals surface area contributed by atoms with Crippen LogP contribution in [0.2, 0.25) is 0 Å². The number of hydrogen-bond acceptors (Lipinski definition) is 4. The third-order valence-electron chi connectivity index (χ3n) is 4.88. The van der Waals surface area contributed by atoms with Crippen LogP contribution in [0.25, 0.3) is 11.6 Å². The maximum absolute atomic E-state index is 14.3. The summed E-state index contributed by atoms with van der Waals surface area (Å²) in [5.74, 6) is 0.373. The van der Waals surface area contributed by atoms with E-state index in [1.165, 1.54) is 6.08 Å². The lowest BCUT2D eigenvalue weighted by Crippen LogP contribution is -2.10. The Balaban J connectivity index is 1.57. The molecule has 1 unspecified atom stereocenters. The fourth-order valence-corrected chi connectivity index (χ4v) is 3.42. The van der Waals surface area contributed by atoms with E-state index in [1.807, 2.05) is 6.07 Å². The van der Waals surface area contributed by atoms with Crippen molar-refractivity contribution >= 4 is 17.4 Å². The van der Waals surface area contributed by atoms with Crippen LogP contribution in [0.5, 0.6) is 5.75 Å². The predicted octanol–water partition coefficient (Wildman–Crippen LogP) is 3.90. The van der Waals surface area contributed by atoms with Crippen molar-refractivity contribution in [3.8, 4) is 5.75 Å². The van der Waals surface area contributed by atoms with Gasteiger partial charge in [-0.05, 0) is 48.4 Å². The number of fused-ring (bicyclic) bond motifs is 1. The van der Waals surface area contributed by atoms with Gasteiger partial charge < -0.3 is 9.47 Å². The van der Waals surface area contributed by atoms with Crippen molar-refractivity contribution in [2.24, 2.45) is 0 Å².